The van der Waals surface area contributed by atoms with Crippen molar-refractivity contribution in [3.05, 3.63) is 0 Å². The second-order valence-electron chi connectivity index (χ2n) is 13.1. The number of carbonyl (C=O) groups is 1. The Kier molecular flexibility index (Phi) is 4.27. The molecule has 6 unspecified atom stereocenters. The number of Topliss-reactive ketones (excluding diaryl/α,β-unsaturated/α-hetero) is 1. The summed E-state index contributed by atoms with van der Waals surface area (Å²) >= 11 is 0. The van der Waals surface area contributed by atoms with E-state index in [9.17, 15) is 4.79 Å². The first-order valence-corrected chi connectivity index (χ1v) is 11.4. The molecule has 1 nitrogen and oxygen atoms in total. The van der Waals surface area contributed by atoms with Crippen molar-refractivity contribution in [2.75, 3.05) is 0 Å². The van der Waals surface area contributed by atoms with E-state index in [1.165, 1.54) is 51.4 Å². The molecule has 0 spiro atoms. The molecule has 0 aromatic carbocycles. The second kappa shape index (κ2) is 5.84. The Labute approximate surface area is 162 Å². The van der Waals surface area contributed by atoms with Crippen LogP contribution in [0.2, 0.25) is 0 Å². The molecular formula is C25H42O. The summed E-state index contributed by atoms with van der Waals surface area (Å²) in [6.45, 7) is 14.9. The van der Waals surface area contributed by atoms with E-state index in [0.717, 1.165) is 24.7 Å². The van der Waals surface area contributed by atoms with E-state index in [2.05, 4.69) is 41.5 Å². The van der Waals surface area contributed by atoms with Gasteiger partial charge in [-0.3, -0.25) is 4.79 Å². The Morgan fingerprint density at radius 2 is 1.12 bits per heavy atom. The molecule has 0 aromatic heterocycles. The van der Waals surface area contributed by atoms with Crippen molar-refractivity contribution >= 4 is 5.78 Å². The minimum absolute atomic E-state index is 0.440. The van der Waals surface area contributed by atoms with Gasteiger partial charge in [-0.1, -0.05) is 41.5 Å². The van der Waals surface area contributed by atoms with E-state index in [4.69, 9.17) is 0 Å². The van der Waals surface area contributed by atoms with Crippen LogP contribution in [0.1, 0.15) is 106 Å². The first-order chi connectivity index (χ1) is 11.9. The van der Waals surface area contributed by atoms with Crippen LogP contribution in [0.25, 0.3) is 0 Å². The predicted molar refractivity (Wildman–Crippen MR) is 109 cm³/mol. The highest BCUT2D eigenvalue weighted by Crippen LogP contribution is 2.63. The van der Waals surface area contributed by atoms with E-state index >= 15 is 0 Å². The van der Waals surface area contributed by atoms with Crippen molar-refractivity contribution in [1.82, 2.24) is 0 Å². The van der Waals surface area contributed by atoms with Gasteiger partial charge < -0.3 is 0 Å². The fourth-order valence-electron chi connectivity index (χ4n) is 9.17. The van der Waals surface area contributed by atoms with Gasteiger partial charge in [0, 0.05) is 12.8 Å². The molecule has 148 valence electrons. The largest absolute Gasteiger partial charge is 0.300 e. The SMILES string of the molecule is CC12CCC(C(CC(=O)CC3CC4(C)CCC3C(C)(C)C4)C1)C(C)(C)C2. The van der Waals surface area contributed by atoms with Gasteiger partial charge in [-0.15, -0.1) is 0 Å². The van der Waals surface area contributed by atoms with Gasteiger partial charge in [-0.2, -0.15) is 0 Å². The maximum Gasteiger partial charge on any atom is 0.133 e. The summed E-state index contributed by atoms with van der Waals surface area (Å²) in [6.07, 6.45) is 12.6. The fraction of sp³-hybridized carbons (Fsp3) is 0.960. The zero-order valence-corrected chi connectivity index (χ0v) is 18.3. The highest BCUT2D eigenvalue weighted by Gasteiger charge is 2.54. The highest BCUT2D eigenvalue weighted by molar-refractivity contribution is 5.79. The number of hydrogen-bond donors (Lipinski definition) is 0. The molecule has 6 atom stereocenters. The summed E-state index contributed by atoms with van der Waals surface area (Å²) in [5.74, 6) is 3.48. The van der Waals surface area contributed by atoms with Gasteiger partial charge >= 0.3 is 0 Å². The first kappa shape index (κ1) is 19.0. The molecule has 6 aliphatic carbocycles. The van der Waals surface area contributed by atoms with E-state index in [-0.39, 0.29) is 0 Å². The number of rotatable bonds is 4. The normalized spacial score (nSPS) is 48.5. The van der Waals surface area contributed by atoms with E-state index in [1.54, 1.807) is 0 Å². The molecule has 0 N–H and O–H groups in total. The molecule has 4 bridgehead atoms. The lowest BCUT2D eigenvalue weighted by Gasteiger charge is -2.58. The summed E-state index contributed by atoms with van der Waals surface area (Å²) in [5, 5.41) is 0. The summed E-state index contributed by atoms with van der Waals surface area (Å²) in [6, 6.07) is 0. The van der Waals surface area contributed by atoms with Crippen LogP contribution in [0.15, 0.2) is 0 Å². The zero-order chi connectivity index (χ0) is 19.0. The Hall–Kier alpha value is -0.330. The average Bonchev–Trinajstić information content (AvgIpc) is 2.42. The number of hydrogen-bond acceptors (Lipinski definition) is 1. The molecule has 0 aromatic rings. The molecule has 0 aliphatic heterocycles. The Bertz CT molecular complexity index is 531. The van der Waals surface area contributed by atoms with Crippen molar-refractivity contribution < 1.29 is 4.79 Å². The van der Waals surface area contributed by atoms with E-state index in [1.807, 2.05) is 0 Å². The van der Waals surface area contributed by atoms with Crippen molar-refractivity contribution in [2.45, 2.75) is 106 Å². The molecule has 0 radical (unpaired) electrons. The van der Waals surface area contributed by atoms with Crippen LogP contribution in [0.4, 0.5) is 0 Å². The molecule has 0 amide bonds. The predicted octanol–water partition coefficient (Wildman–Crippen LogP) is 7.04. The van der Waals surface area contributed by atoms with Gasteiger partial charge in [0.1, 0.15) is 5.78 Å². The third kappa shape index (κ3) is 3.20. The molecule has 6 fully saturated rings. The topological polar surface area (TPSA) is 17.1 Å². The highest BCUT2D eigenvalue weighted by atomic mass is 16.1. The number of carbonyl (C=O) groups excluding carboxylic acids is 1. The summed E-state index contributed by atoms with van der Waals surface area (Å²) in [7, 11) is 0. The van der Waals surface area contributed by atoms with E-state index in [0.29, 0.717) is 39.3 Å². The maximum absolute atomic E-state index is 13.2. The van der Waals surface area contributed by atoms with Crippen LogP contribution in [0.5, 0.6) is 0 Å². The van der Waals surface area contributed by atoms with Crippen molar-refractivity contribution in [1.29, 1.82) is 0 Å². The van der Waals surface area contributed by atoms with Gasteiger partial charge in [-0.05, 0) is 96.7 Å². The number of ketones is 1. The third-order valence-corrected chi connectivity index (χ3v) is 9.52. The standard InChI is InChI=1S/C25H42O/c1-22(2)15-24(5)9-7-20(22)17(13-24)11-19(26)12-18-14-25(6)10-8-21(18)23(3,4)16-25/h17-18,20-21H,7-16H2,1-6H3. The minimum atomic E-state index is 0.440. The monoisotopic (exact) mass is 358 g/mol. The lowest BCUT2D eigenvalue weighted by molar-refractivity contribution is -0.131. The van der Waals surface area contributed by atoms with Gasteiger partial charge in [-0.25, -0.2) is 0 Å². The van der Waals surface area contributed by atoms with Gasteiger partial charge in [0.05, 0.1) is 0 Å². The third-order valence-electron chi connectivity index (χ3n) is 9.52. The van der Waals surface area contributed by atoms with Crippen molar-refractivity contribution in [3.8, 4) is 0 Å². The molecule has 26 heavy (non-hydrogen) atoms. The molecule has 1 heteroatoms. The van der Waals surface area contributed by atoms with Gasteiger partial charge in [0.25, 0.3) is 0 Å². The van der Waals surface area contributed by atoms with Crippen molar-refractivity contribution in [2.24, 2.45) is 45.3 Å². The molecule has 0 heterocycles. The fourth-order valence-corrected chi connectivity index (χ4v) is 9.17. The summed E-state index contributed by atoms with van der Waals surface area (Å²) in [5.41, 5.74) is 1.89. The first-order valence-electron chi connectivity index (χ1n) is 11.4. The summed E-state index contributed by atoms with van der Waals surface area (Å²) < 4.78 is 0. The second-order valence-corrected chi connectivity index (χ2v) is 13.1. The Morgan fingerprint density at radius 1 is 0.731 bits per heavy atom. The van der Waals surface area contributed by atoms with Crippen LogP contribution in [-0.4, -0.2) is 5.78 Å². The van der Waals surface area contributed by atoms with Crippen molar-refractivity contribution in [3.63, 3.8) is 0 Å². The Balaban J connectivity index is 1.42. The smallest absolute Gasteiger partial charge is 0.133 e. The van der Waals surface area contributed by atoms with Gasteiger partial charge in [0.2, 0.25) is 0 Å². The molecule has 6 aliphatic rings. The maximum atomic E-state index is 13.2. The quantitative estimate of drug-likeness (QED) is 0.526. The lowest BCUT2D eigenvalue weighted by atomic mass is 9.46. The molecule has 0 saturated heterocycles. The minimum Gasteiger partial charge on any atom is -0.300 e. The number of fused-ring (bicyclic) bond motifs is 6. The van der Waals surface area contributed by atoms with E-state index < -0.39 is 0 Å². The molecular weight excluding hydrogens is 316 g/mol. The Morgan fingerprint density at radius 3 is 1.42 bits per heavy atom. The lowest BCUT2D eigenvalue weighted by Crippen LogP contribution is -2.50. The van der Waals surface area contributed by atoms with Crippen LogP contribution in [0.3, 0.4) is 0 Å². The van der Waals surface area contributed by atoms with Crippen LogP contribution in [-0.2, 0) is 4.79 Å². The van der Waals surface area contributed by atoms with Crippen LogP contribution in [0, 0.1) is 45.3 Å². The van der Waals surface area contributed by atoms with Gasteiger partial charge in [0.15, 0.2) is 0 Å². The average molecular weight is 359 g/mol. The van der Waals surface area contributed by atoms with Crippen LogP contribution < -0.4 is 0 Å². The molecule has 6 rings (SSSR count). The summed E-state index contributed by atoms with van der Waals surface area (Å²) in [4.78, 5) is 13.2. The zero-order valence-electron chi connectivity index (χ0n) is 18.3. The molecule has 6 saturated carbocycles. The van der Waals surface area contributed by atoms with Crippen LogP contribution >= 0.6 is 0 Å².